The average Bonchev–Trinajstić information content (AvgIpc) is 2.36. The van der Waals surface area contributed by atoms with Crippen molar-refractivity contribution < 1.29 is 15.0 Å². The summed E-state index contributed by atoms with van der Waals surface area (Å²) in [6.45, 7) is 0.0431. The van der Waals surface area contributed by atoms with Crippen LogP contribution in [0.15, 0.2) is 36.4 Å². The van der Waals surface area contributed by atoms with Crippen LogP contribution in [0.25, 0.3) is 10.8 Å². The number of benzene rings is 2. The SMILES string of the molecule is O=C(O)C1CCC1c1ccc2cc(CO)ccc2c1. The van der Waals surface area contributed by atoms with E-state index in [1.54, 1.807) is 0 Å². The molecule has 1 saturated carbocycles. The number of hydrogen-bond donors (Lipinski definition) is 2. The van der Waals surface area contributed by atoms with Gasteiger partial charge in [-0.25, -0.2) is 0 Å². The highest BCUT2D eigenvalue weighted by atomic mass is 16.4. The first kappa shape index (κ1) is 12.2. The van der Waals surface area contributed by atoms with Crippen LogP contribution in [0.5, 0.6) is 0 Å². The van der Waals surface area contributed by atoms with Gasteiger partial charge in [-0.3, -0.25) is 4.79 Å². The first-order valence-electron chi connectivity index (χ1n) is 6.55. The van der Waals surface area contributed by atoms with Crippen LogP contribution >= 0.6 is 0 Å². The molecule has 0 bridgehead atoms. The van der Waals surface area contributed by atoms with Crippen LogP contribution in [0.3, 0.4) is 0 Å². The van der Waals surface area contributed by atoms with Crippen LogP contribution in [0, 0.1) is 5.92 Å². The van der Waals surface area contributed by atoms with E-state index in [0.29, 0.717) is 0 Å². The summed E-state index contributed by atoms with van der Waals surface area (Å²) >= 11 is 0. The molecule has 2 aromatic rings. The van der Waals surface area contributed by atoms with Crippen molar-refractivity contribution in [3.8, 4) is 0 Å². The Morgan fingerprint density at radius 2 is 1.84 bits per heavy atom. The predicted octanol–water partition coefficient (Wildman–Crippen LogP) is 2.91. The molecule has 2 aromatic carbocycles. The van der Waals surface area contributed by atoms with Gasteiger partial charge in [0.1, 0.15) is 0 Å². The molecule has 19 heavy (non-hydrogen) atoms. The molecule has 3 heteroatoms. The highest BCUT2D eigenvalue weighted by molar-refractivity contribution is 5.84. The maximum absolute atomic E-state index is 11.1. The third-order valence-corrected chi connectivity index (χ3v) is 4.13. The summed E-state index contributed by atoms with van der Waals surface area (Å²) in [4.78, 5) is 11.1. The Labute approximate surface area is 111 Å². The highest BCUT2D eigenvalue weighted by Gasteiger charge is 2.37. The van der Waals surface area contributed by atoms with Gasteiger partial charge >= 0.3 is 5.97 Å². The van der Waals surface area contributed by atoms with E-state index in [2.05, 4.69) is 6.07 Å². The quantitative estimate of drug-likeness (QED) is 0.887. The second-order valence-electron chi connectivity index (χ2n) is 5.23. The molecular weight excluding hydrogens is 240 g/mol. The predicted molar refractivity (Wildman–Crippen MR) is 73.0 cm³/mol. The topological polar surface area (TPSA) is 57.5 Å². The largest absolute Gasteiger partial charge is 0.481 e. The van der Waals surface area contributed by atoms with E-state index in [0.717, 1.165) is 34.7 Å². The van der Waals surface area contributed by atoms with Gasteiger partial charge in [-0.2, -0.15) is 0 Å². The fraction of sp³-hybridized carbons (Fsp3) is 0.312. The highest BCUT2D eigenvalue weighted by Crippen LogP contribution is 2.43. The molecule has 1 aliphatic rings. The summed E-state index contributed by atoms with van der Waals surface area (Å²) in [6.07, 6.45) is 1.73. The number of fused-ring (bicyclic) bond motifs is 1. The molecule has 0 saturated heterocycles. The van der Waals surface area contributed by atoms with Crippen LogP contribution in [-0.4, -0.2) is 16.2 Å². The minimum Gasteiger partial charge on any atom is -0.481 e. The molecule has 0 radical (unpaired) electrons. The second-order valence-corrected chi connectivity index (χ2v) is 5.23. The Morgan fingerprint density at radius 1 is 1.11 bits per heavy atom. The molecule has 3 nitrogen and oxygen atoms in total. The number of carboxylic acids is 1. The summed E-state index contributed by atoms with van der Waals surface area (Å²) in [5.74, 6) is -0.763. The lowest BCUT2D eigenvalue weighted by Crippen LogP contribution is -2.30. The van der Waals surface area contributed by atoms with E-state index in [-0.39, 0.29) is 18.4 Å². The van der Waals surface area contributed by atoms with Gasteiger partial charge in [0, 0.05) is 0 Å². The summed E-state index contributed by atoms with van der Waals surface area (Å²) in [7, 11) is 0. The first-order chi connectivity index (χ1) is 9.19. The lowest BCUT2D eigenvalue weighted by Gasteiger charge is -2.33. The molecule has 1 fully saturated rings. The summed E-state index contributed by atoms with van der Waals surface area (Å²) < 4.78 is 0. The second kappa shape index (κ2) is 4.67. The third kappa shape index (κ3) is 2.10. The molecule has 0 heterocycles. The fourth-order valence-electron chi connectivity index (χ4n) is 2.84. The van der Waals surface area contributed by atoms with Crippen molar-refractivity contribution in [3.05, 3.63) is 47.5 Å². The van der Waals surface area contributed by atoms with Gasteiger partial charge in [0.2, 0.25) is 0 Å². The maximum atomic E-state index is 11.1. The Hall–Kier alpha value is -1.87. The monoisotopic (exact) mass is 256 g/mol. The minimum atomic E-state index is -0.688. The van der Waals surface area contributed by atoms with Crippen LogP contribution in [0.2, 0.25) is 0 Å². The number of hydrogen-bond acceptors (Lipinski definition) is 2. The van der Waals surface area contributed by atoms with E-state index >= 15 is 0 Å². The van der Waals surface area contributed by atoms with Crippen molar-refractivity contribution in [2.24, 2.45) is 5.92 Å². The Bertz CT molecular complexity index is 633. The molecule has 0 amide bonds. The molecule has 0 aromatic heterocycles. The van der Waals surface area contributed by atoms with Crippen molar-refractivity contribution in [1.29, 1.82) is 0 Å². The number of rotatable bonds is 3. The van der Waals surface area contributed by atoms with Gasteiger partial charge in [-0.05, 0) is 46.7 Å². The molecule has 98 valence electrons. The van der Waals surface area contributed by atoms with Gasteiger partial charge < -0.3 is 10.2 Å². The molecule has 2 N–H and O–H groups in total. The van der Waals surface area contributed by atoms with Crippen LogP contribution < -0.4 is 0 Å². The Morgan fingerprint density at radius 3 is 2.47 bits per heavy atom. The van der Waals surface area contributed by atoms with E-state index in [1.165, 1.54) is 0 Å². The zero-order valence-electron chi connectivity index (χ0n) is 10.5. The van der Waals surface area contributed by atoms with Gasteiger partial charge in [0.15, 0.2) is 0 Å². The molecule has 3 rings (SSSR count). The zero-order valence-corrected chi connectivity index (χ0v) is 10.5. The van der Waals surface area contributed by atoms with Gasteiger partial charge in [0.25, 0.3) is 0 Å². The number of carbonyl (C=O) groups is 1. The lowest BCUT2D eigenvalue weighted by atomic mass is 9.70. The van der Waals surface area contributed by atoms with Crippen LogP contribution in [-0.2, 0) is 11.4 Å². The third-order valence-electron chi connectivity index (χ3n) is 4.13. The minimum absolute atomic E-state index is 0.0431. The molecule has 0 spiro atoms. The molecule has 2 unspecified atom stereocenters. The zero-order chi connectivity index (χ0) is 13.4. The molecule has 0 aliphatic heterocycles. The van der Waals surface area contributed by atoms with Crippen molar-refractivity contribution in [1.82, 2.24) is 0 Å². The number of aliphatic carboxylic acids is 1. The number of carboxylic acid groups (broad SMARTS) is 1. The number of aliphatic hydroxyl groups is 1. The van der Waals surface area contributed by atoms with Crippen LogP contribution in [0.4, 0.5) is 0 Å². The summed E-state index contributed by atoms with van der Waals surface area (Å²) in [5, 5.41) is 20.4. The smallest absolute Gasteiger partial charge is 0.307 e. The van der Waals surface area contributed by atoms with Crippen LogP contribution in [0.1, 0.15) is 29.9 Å². The van der Waals surface area contributed by atoms with E-state index in [1.807, 2.05) is 30.3 Å². The first-order valence-corrected chi connectivity index (χ1v) is 6.55. The van der Waals surface area contributed by atoms with Crippen molar-refractivity contribution in [2.45, 2.75) is 25.4 Å². The molecule has 2 atom stereocenters. The van der Waals surface area contributed by atoms with Crippen molar-refractivity contribution in [3.63, 3.8) is 0 Å². The van der Waals surface area contributed by atoms with Gasteiger partial charge in [-0.15, -0.1) is 0 Å². The Balaban J connectivity index is 1.96. The summed E-state index contributed by atoms with van der Waals surface area (Å²) in [5.41, 5.74) is 2.01. The molecular formula is C16H16O3. The van der Waals surface area contributed by atoms with Gasteiger partial charge in [-0.1, -0.05) is 30.3 Å². The molecule has 1 aliphatic carbocycles. The fourth-order valence-corrected chi connectivity index (χ4v) is 2.84. The maximum Gasteiger partial charge on any atom is 0.307 e. The standard InChI is InChI=1S/C16H16O3/c17-9-10-1-2-12-8-13(4-3-11(12)7-10)14-5-6-15(14)16(18)19/h1-4,7-8,14-15,17H,5-6,9H2,(H,18,19). The van der Waals surface area contributed by atoms with Crippen molar-refractivity contribution in [2.75, 3.05) is 0 Å². The normalized spacial score (nSPS) is 22.2. The lowest BCUT2D eigenvalue weighted by molar-refractivity contribution is -0.145. The van der Waals surface area contributed by atoms with E-state index in [9.17, 15) is 4.79 Å². The van der Waals surface area contributed by atoms with E-state index in [4.69, 9.17) is 10.2 Å². The summed E-state index contributed by atoms with van der Waals surface area (Å²) in [6, 6.07) is 12.0. The average molecular weight is 256 g/mol. The number of aliphatic hydroxyl groups excluding tert-OH is 1. The Kier molecular flexibility index (Phi) is 2.99. The van der Waals surface area contributed by atoms with Crippen molar-refractivity contribution >= 4 is 16.7 Å². The van der Waals surface area contributed by atoms with E-state index < -0.39 is 5.97 Å². The van der Waals surface area contributed by atoms with Gasteiger partial charge in [0.05, 0.1) is 12.5 Å².